The minimum Gasteiger partial charge on any atom is -0.466 e. The van der Waals surface area contributed by atoms with Crippen LogP contribution in [0.3, 0.4) is 0 Å². The molecule has 0 rings (SSSR count). The van der Waals surface area contributed by atoms with Gasteiger partial charge in [-0.3, -0.25) is 9.59 Å². The predicted molar refractivity (Wildman–Crippen MR) is 88.6 cm³/mol. The van der Waals surface area contributed by atoms with Gasteiger partial charge in [-0.2, -0.15) is 0 Å². The first-order valence-corrected chi connectivity index (χ1v) is 8.66. The molecule has 0 saturated heterocycles. The zero-order valence-electron chi connectivity index (χ0n) is 14.9. The lowest BCUT2D eigenvalue weighted by atomic mass is 9.99. The second-order valence-electron chi connectivity index (χ2n) is 7.06. The molecule has 0 atom stereocenters. The molecule has 0 aliphatic carbocycles. The lowest BCUT2D eigenvalue weighted by Crippen LogP contribution is -2.18. The highest BCUT2D eigenvalue weighted by Gasteiger charge is 2.14. The fourth-order valence-corrected chi connectivity index (χ4v) is 1.89. The van der Waals surface area contributed by atoms with Crippen molar-refractivity contribution < 1.29 is 19.1 Å². The van der Waals surface area contributed by atoms with E-state index in [1.807, 2.05) is 20.8 Å². The van der Waals surface area contributed by atoms with Gasteiger partial charge in [-0.25, -0.2) is 0 Å². The van der Waals surface area contributed by atoms with Crippen LogP contribution in [0, 0.1) is 5.41 Å². The molecule has 4 nitrogen and oxygen atoms in total. The van der Waals surface area contributed by atoms with Gasteiger partial charge in [0.1, 0.15) is 0 Å². The fourth-order valence-electron chi connectivity index (χ4n) is 1.89. The van der Waals surface area contributed by atoms with Gasteiger partial charge in [-0.1, -0.05) is 59.8 Å². The van der Waals surface area contributed by atoms with Gasteiger partial charge in [0.15, 0.2) is 0 Å². The van der Waals surface area contributed by atoms with Gasteiger partial charge in [-0.05, 0) is 18.3 Å². The van der Waals surface area contributed by atoms with Crippen molar-refractivity contribution in [3.63, 3.8) is 0 Å². The molecule has 0 heterocycles. The summed E-state index contributed by atoms with van der Waals surface area (Å²) in [5.74, 6) is -0.448. The quantitative estimate of drug-likeness (QED) is 0.388. The zero-order chi connectivity index (χ0) is 16.8. The predicted octanol–water partition coefficient (Wildman–Crippen LogP) is 4.65. The highest BCUT2D eigenvalue weighted by atomic mass is 16.5. The molecule has 0 fully saturated rings. The minimum atomic E-state index is -0.237. The number of carbonyl (C=O) groups is 2. The Bertz CT molecular complexity index is 305. The second-order valence-corrected chi connectivity index (χ2v) is 7.06. The normalized spacial score (nSPS) is 11.3. The van der Waals surface area contributed by atoms with Gasteiger partial charge in [0.05, 0.1) is 13.2 Å². The SMILES string of the molecule is CCCCCCCCOC(=O)CCCC(=O)OCC(C)(C)C. The average molecular weight is 314 g/mol. The number of hydrogen-bond donors (Lipinski definition) is 0. The van der Waals surface area contributed by atoms with E-state index >= 15 is 0 Å². The summed E-state index contributed by atoms with van der Waals surface area (Å²) in [5, 5.41) is 0. The fraction of sp³-hybridized carbons (Fsp3) is 0.889. The molecule has 0 amide bonds. The maximum atomic E-state index is 11.5. The van der Waals surface area contributed by atoms with E-state index in [0.29, 0.717) is 26.1 Å². The molecule has 0 unspecified atom stereocenters. The number of rotatable bonds is 12. The van der Waals surface area contributed by atoms with Crippen molar-refractivity contribution in [3.05, 3.63) is 0 Å². The van der Waals surface area contributed by atoms with Crippen LogP contribution in [-0.4, -0.2) is 25.2 Å². The van der Waals surface area contributed by atoms with E-state index < -0.39 is 0 Å². The lowest BCUT2D eigenvalue weighted by Gasteiger charge is -2.17. The molecule has 0 aromatic heterocycles. The van der Waals surface area contributed by atoms with Crippen LogP contribution in [0.5, 0.6) is 0 Å². The molecule has 130 valence electrons. The summed E-state index contributed by atoms with van der Waals surface area (Å²) in [7, 11) is 0. The lowest BCUT2D eigenvalue weighted by molar-refractivity contribution is -0.147. The van der Waals surface area contributed by atoms with Crippen molar-refractivity contribution in [2.24, 2.45) is 5.41 Å². The van der Waals surface area contributed by atoms with E-state index in [-0.39, 0.29) is 23.8 Å². The number of esters is 2. The van der Waals surface area contributed by atoms with Crippen LogP contribution in [0.15, 0.2) is 0 Å². The van der Waals surface area contributed by atoms with E-state index in [1.165, 1.54) is 25.7 Å². The number of carbonyl (C=O) groups excluding carboxylic acids is 2. The van der Waals surface area contributed by atoms with Crippen molar-refractivity contribution in [1.29, 1.82) is 0 Å². The number of ether oxygens (including phenoxy) is 2. The van der Waals surface area contributed by atoms with Crippen LogP contribution in [-0.2, 0) is 19.1 Å². The molecular formula is C18H34O4. The summed E-state index contributed by atoms with van der Waals surface area (Å²) in [6.07, 6.45) is 8.13. The maximum absolute atomic E-state index is 11.5. The summed E-state index contributed by atoms with van der Waals surface area (Å²) >= 11 is 0. The molecule has 0 bridgehead atoms. The average Bonchev–Trinajstić information content (AvgIpc) is 2.43. The van der Waals surface area contributed by atoms with Crippen LogP contribution in [0.2, 0.25) is 0 Å². The highest BCUT2D eigenvalue weighted by molar-refractivity contribution is 5.72. The van der Waals surface area contributed by atoms with E-state index in [1.54, 1.807) is 0 Å². The van der Waals surface area contributed by atoms with Gasteiger partial charge in [0.2, 0.25) is 0 Å². The largest absolute Gasteiger partial charge is 0.466 e. The Morgan fingerprint density at radius 2 is 1.32 bits per heavy atom. The summed E-state index contributed by atoms with van der Waals surface area (Å²) in [6.45, 7) is 9.15. The summed E-state index contributed by atoms with van der Waals surface area (Å²) in [5.41, 5.74) is -0.0221. The molecule has 0 aromatic carbocycles. The molecule has 4 heteroatoms. The number of unbranched alkanes of at least 4 members (excludes halogenated alkanes) is 5. The molecule has 0 aromatic rings. The van der Waals surface area contributed by atoms with Gasteiger partial charge >= 0.3 is 11.9 Å². The molecule has 0 radical (unpaired) electrons. The Labute approximate surface area is 135 Å². The van der Waals surface area contributed by atoms with E-state index in [2.05, 4.69) is 6.92 Å². The maximum Gasteiger partial charge on any atom is 0.305 e. The first-order chi connectivity index (χ1) is 10.3. The van der Waals surface area contributed by atoms with Crippen molar-refractivity contribution in [1.82, 2.24) is 0 Å². The standard InChI is InChI=1S/C18H34O4/c1-5-6-7-8-9-10-14-21-16(19)12-11-13-17(20)22-15-18(2,3)4/h5-15H2,1-4H3. The zero-order valence-corrected chi connectivity index (χ0v) is 14.9. The van der Waals surface area contributed by atoms with Gasteiger partial charge in [0, 0.05) is 12.8 Å². The monoisotopic (exact) mass is 314 g/mol. The Morgan fingerprint density at radius 1 is 0.773 bits per heavy atom. The Hall–Kier alpha value is -1.06. The van der Waals surface area contributed by atoms with Crippen molar-refractivity contribution in [3.8, 4) is 0 Å². The second kappa shape index (κ2) is 12.5. The third-order valence-electron chi connectivity index (χ3n) is 3.19. The molecule has 0 N–H and O–H groups in total. The summed E-state index contributed by atoms with van der Waals surface area (Å²) in [4.78, 5) is 23.0. The molecular weight excluding hydrogens is 280 g/mol. The van der Waals surface area contributed by atoms with Gasteiger partial charge in [0.25, 0.3) is 0 Å². The van der Waals surface area contributed by atoms with E-state index in [9.17, 15) is 9.59 Å². The van der Waals surface area contributed by atoms with Crippen LogP contribution < -0.4 is 0 Å². The minimum absolute atomic E-state index is 0.0221. The van der Waals surface area contributed by atoms with Gasteiger partial charge in [-0.15, -0.1) is 0 Å². The van der Waals surface area contributed by atoms with Crippen LogP contribution in [0.4, 0.5) is 0 Å². The molecule has 0 saturated carbocycles. The topological polar surface area (TPSA) is 52.6 Å². The van der Waals surface area contributed by atoms with Crippen LogP contribution in [0.25, 0.3) is 0 Å². The van der Waals surface area contributed by atoms with Crippen molar-refractivity contribution in [2.75, 3.05) is 13.2 Å². The summed E-state index contributed by atoms with van der Waals surface area (Å²) in [6, 6.07) is 0. The summed E-state index contributed by atoms with van der Waals surface area (Å²) < 4.78 is 10.3. The van der Waals surface area contributed by atoms with E-state index in [0.717, 1.165) is 12.8 Å². The number of hydrogen-bond acceptors (Lipinski definition) is 4. The molecule has 0 aliphatic heterocycles. The smallest absolute Gasteiger partial charge is 0.305 e. The van der Waals surface area contributed by atoms with Crippen LogP contribution >= 0.6 is 0 Å². The Kier molecular flexibility index (Phi) is 11.9. The van der Waals surface area contributed by atoms with Crippen molar-refractivity contribution >= 4 is 11.9 Å². The molecule has 0 aliphatic rings. The molecule has 0 spiro atoms. The molecule has 22 heavy (non-hydrogen) atoms. The van der Waals surface area contributed by atoms with E-state index in [4.69, 9.17) is 9.47 Å². The Balaban J connectivity index is 3.44. The first-order valence-electron chi connectivity index (χ1n) is 8.66. The highest BCUT2D eigenvalue weighted by Crippen LogP contribution is 2.13. The van der Waals surface area contributed by atoms with Crippen LogP contribution in [0.1, 0.15) is 85.5 Å². The third-order valence-corrected chi connectivity index (χ3v) is 3.19. The Morgan fingerprint density at radius 3 is 1.91 bits per heavy atom. The third kappa shape index (κ3) is 15.3. The van der Waals surface area contributed by atoms with Gasteiger partial charge < -0.3 is 9.47 Å². The van der Waals surface area contributed by atoms with Crippen molar-refractivity contribution in [2.45, 2.75) is 85.5 Å². The first kappa shape index (κ1) is 20.9.